The molecule has 2 heterocycles. The summed E-state index contributed by atoms with van der Waals surface area (Å²) in [5.74, 6) is 0.542. The van der Waals surface area contributed by atoms with E-state index in [1.165, 1.54) is 24.0 Å². The molecule has 0 aliphatic carbocycles. The highest BCUT2D eigenvalue weighted by Gasteiger charge is 2.29. The van der Waals surface area contributed by atoms with Crippen molar-refractivity contribution in [2.24, 2.45) is 5.92 Å². The van der Waals surface area contributed by atoms with Crippen LogP contribution < -0.4 is 5.32 Å². The summed E-state index contributed by atoms with van der Waals surface area (Å²) in [4.78, 5) is 32.4. The van der Waals surface area contributed by atoms with Crippen molar-refractivity contribution in [3.8, 4) is 0 Å². The van der Waals surface area contributed by atoms with E-state index in [0.29, 0.717) is 43.8 Å². The Labute approximate surface area is 247 Å². The number of rotatable bonds is 12. The fourth-order valence-corrected chi connectivity index (χ4v) is 6.03. The van der Waals surface area contributed by atoms with Crippen molar-refractivity contribution in [2.45, 2.75) is 71.8 Å². The number of anilines is 1. The maximum Gasteiger partial charge on any atom is 0.320 e. The van der Waals surface area contributed by atoms with E-state index in [1.54, 1.807) is 0 Å². The summed E-state index contributed by atoms with van der Waals surface area (Å²) in [5, 5.41) is 3.10. The molecule has 2 aromatic rings. The van der Waals surface area contributed by atoms with Crippen LogP contribution in [0.2, 0.25) is 0 Å². The Morgan fingerprint density at radius 1 is 0.951 bits per heavy atom. The van der Waals surface area contributed by atoms with Crippen LogP contribution >= 0.6 is 0 Å². The van der Waals surface area contributed by atoms with Crippen LogP contribution in [0.4, 0.5) is 10.5 Å². The second-order valence-electron chi connectivity index (χ2n) is 11.8. The molecule has 2 aliphatic rings. The fraction of sp³-hybridized carbons (Fsp3) is 0.588. The monoisotopic (exact) mass is 562 g/mol. The van der Waals surface area contributed by atoms with Gasteiger partial charge in [0.2, 0.25) is 0 Å². The number of urea groups is 1. The van der Waals surface area contributed by atoms with Crippen LogP contribution in [0.3, 0.4) is 0 Å². The van der Waals surface area contributed by atoms with Gasteiger partial charge in [-0.1, -0.05) is 44.5 Å². The fourth-order valence-electron chi connectivity index (χ4n) is 6.03. The first-order valence-electron chi connectivity index (χ1n) is 15.8. The Hall–Kier alpha value is -2.90. The van der Waals surface area contributed by atoms with E-state index < -0.39 is 0 Å². The highest BCUT2D eigenvalue weighted by Crippen LogP contribution is 2.23. The van der Waals surface area contributed by atoms with Gasteiger partial charge in [0.25, 0.3) is 5.91 Å². The first-order chi connectivity index (χ1) is 20.0. The van der Waals surface area contributed by atoms with Crippen molar-refractivity contribution in [3.05, 3.63) is 65.2 Å². The summed E-state index contributed by atoms with van der Waals surface area (Å²) in [6, 6.07) is 16.8. The molecular weight excluding hydrogens is 512 g/mol. The lowest BCUT2D eigenvalue weighted by atomic mass is 9.95. The van der Waals surface area contributed by atoms with Crippen molar-refractivity contribution in [2.75, 3.05) is 57.8 Å². The van der Waals surface area contributed by atoms with Crippen LogP contribution in [-0.2, 0) is 17.6 Å². The number of likely N-dealkylation sites (tertiary alicyclic amines) is 1. The number of nitrogens with zero attached hydrogens (tertiary/aromatic N) is 3. The van der Waals surface area contributed by atoms with Crippen molar-refractivity contribution in [1.82, 2.24) is 14.7 Å². The molecule has 1 unspecified atom stereocenters. The zero-order valence-corrected chi connectivity index (χ0v) is 25.4. The van der Waals surface area contributed by atoms with Gasteiger partial charge in [0.1, 0.15) is 0 Å². The second-order valence-corrected chi connectivity index (χ2v) is 11.8. The van der Waals surface area contributed by atoms with E-state index in [1.807, 2.05) is 34.1 Å². The molecule has 0 bridgehead atoms. The van der Waals surface area contributed by atoms with Gasteiger partial charge in [-0.05, 0) is 93.3 Å². The highest BCUT2D eigenvalue weighted by molar-refractivity contribution is 6.04. The average molecular weight is 563 g/mol. The molecule has 7 nitrogen and oxygen atoms in total. The molecule has 0 aromatic heterocycles. The van der Waals surface area contributed by atoms with Crippen molar-refractivity contribution in [3.63, 3.8) is 0 Å². The number of morpholine rings is 1. The summed E-state index contributed by atoms with van der Waals surface area (Å²) < 4.78 is 5.40. The van der Waals surface area contributed by atoms with Gasteiger partial charge in [0.05, 0.1) is 13.2 Å². The number of aryl methyl sites for hydroxylation is 1. The molecule has 3 amide bonds. The lowest BCUT2D eigenvalue weighted by molar-refractivity contribution is 0.0386. The Morgan fingerprint density at radius 3 is 2.34 bits per heavy atom. The Bertz CT molecular complexity index is 1090. The highest BCUT2D eigenvalue weighted by atomic mass is 16.5. The SMILES string of the molecule is CCCCc1ccc(C(=O)Nc2cccc(CC(C)N(CCC)CC3CCN(C(=O)N4CCOCC4)CC3)c2)cc1. The van der Waals surface area contributed by atoms with Crippen molar-refractivity contribution < 1.29 is 14.3 Å². The molecule has 0 saturated carbocycles. The second kappa shape index (κ2) is 15.9. The molecule has 2 aliphatic heterocycles. The molecule has 224 valence electrons. The van der Waals surface area contributed by atoms with Gasteiger partial charge in [-0.25, -0.2) is 4.79 Å². The minimum absolute atomic E-state index is 0.0664. The lowest BCUT2D eigenvalue weighted by Crippen LogP contribution is -2.51. The third-order valence-electron chi connectivity index (χ3n) is 8.54. The van der Waals surface area contributed by atoms with E-state index in [-0.39, 0.29) is 11.9 Å². The largest absolute Gasteiger partial charge is 0.378 e. The number of nitrogens with one attached hydrogen (secondary N) is 1. The summed E-state index contributed by atoms with van der Waals surface area (Å²) in [7, 11) is 0. The molecule has 2 aromatic carbocycles. The zero-order chi connectivity index (χ0) is 29.0. The molecule has 41 heavy (non-hydrogen) atoms. The molecular formula is C34H50N4O3. The average Bonchev–Trinajstić information content (AvgIpc) is 3.00. The van der Waals surface area contributed by atoms with Crippen molar-refractivity contribution >= 4 is 17.6 Å². The Balaban J connectivity index is 1.27. The molecule has 1 atom stereocenters. The first-order valence-corrected chi connectivity index (χ1v) is 15.8. The number of piperidine rings is 1. The lowest BCUT2D eigenvalue weighted by Gasteiger charge is -2.39. The van der Waals surface area contributed by atoms with Crippen LogP contribution in [0.5, 0.6) is 0 Å². The van der Waals surface area contributed by atoms with Gasteiger partial charge in [-0.3, -0.25) is 4.79 Å². The Kier molecular flexibility index (Phi) is 12.1. The molecule has 2 saturated heterocycles. The zero-order valence-electron chi connectivity index (χ0n) is 25.4. The van der Waals surface area contributed by atoms with Crippen LogP contribution in [0.1, 0.15) is 74.4 Å². The number of carbonyl (C=O) groups is 2. The number of carbonyl (C=O) groups excluding carboxylic acids is 2. The summed E-state index contributed by atoms with van der Waals surface area (Å²) in [6.45, 7) is 13.3. The smallest absolute Gasteiger partial charge is 0.320 e. The molecule has 0 spiro atoms. The van der Waals surface area contributed by atoms with Gasteiger partial charge in [0.15, 0.2) is 0 Å². The van der Waals surface area contributed by atoms with Gasteiger partial charge >= 0.3 is 6.03 Å². The number of unbranched alkanes of at least 4 members (excludes halogenated alkanes) is 1. The molecule has 7 heteroatoms. The molecule has 0 radical (unpaired) electrons. The van der Waals surface area contributed by atoms with E-state index in [9.17, 15) is 9.59 Å². The summed E-state index contributed by atoms with van der Waals surface area (Å²) in [5.41, 5.74) is 4.05. The Morgan fingerprint density at radius 2 is 1.66 bits per heavy atom. The van der Waals surface area contributed by atoms with Gasteiger partial charge < -0.3 is 24.8 Å². The first kappa shape index (κ1) is 31.0. The number of hydrogen-bond acceptors (Lipinski definition) is 4. The minimum Gasteiger partial charge on any atom is -0.378 e. The van der Waals surface area contributed by atoms with Crippen molar-refractivity contribution in [1.29, 1.82) is 0 Å². The summed E-state index contributed by atoms with van der Waals surface area (Å²) >= 11 is 0. The van der Waals surface area contributed by atoms with Gasteiger partial charge in [-0.2, -0.15) is 0 Å². The quantitative estimate of drug-likeness (QED) is 0.340. The number of ether oxygens (including phenoxy) is 1. The van der Waals surface area contributed by atoms with E-state index in [0.717, 1.165) is 64.0 Å². The predicted molar refractivity (Wildman–Crippen MR) is 167 cm³/mol. The third kappa shape index (κ3) is 9.30. The number of amides is 3. The topological polar surface area (TPSA) is 65.1 Å². The maximum absolute atomic E-state index is 12.9. The minimum atomic E-state index is -0.0664. The van der Waals surface area contributed by atoms with E-state index in [4.69, 9.17) is 4.74 Å². The predicted octanol–water partition coefficient (Wildman–Crippen LogP) is 6.09. The molecule has 4 rings (SSSR count). The van der Waals surface area contributed by atoms with E-state index in [2.05, 4.69) is 55.3 Å². The molecule has 2 fully saturated rings. The standard InChI is InChI=1S/C34H50N4O3/c1-4-6-8-28-11-13-31(14-12-28)33(39)35-32-10-7-9-30(25-32)24-27(3)38(17-5-2)26-29-15-18-36(19-16-29)34(40)37-20-22-41-23-21-37/h7,9-14,25,27,29H,4-6,8,15-24,26H2,1-3H3,(H,35,39). The van der Waals surface area contributed by atoms with Crippen LogP contribution in [0.25, 0.3) is 0 Å². The normalized spacial score (nSPS) is 17.1. The van der Waals surface area contributed by atoms with Gasteiger partial charge in [0, 0.05) is 50.0 Å². The van der Waals surface area contributed by atoms with Crippen LogP contribution in [0.15, 0.2) is 48.5 Å². The summed E-state index contributed by atoms with van der Waals surface area (Å²) in [6.07, 6.45) is 7.57. The molecule has 1 N–H and O–H groups in total. The number of hydrogen-bond donors (Lipinski definition) is 1. The van der Waals surface area contributed by atoms with Crippen LogP contribution in [-0.4, -0.2) is 85.2 Å². The van der Waals surface area contributed by atoms with Gasteiger partial charge in [-0.15, -0.1) is 0 Å². The third-order valence-corrected chi connectivity index (χ3v) is 8.54. The van der Waals surface area contributed by atoms with E-state index >= 15 is 0 Å². The number of benzene rings is 2. The van der Waals surface area contributed by atoms with Crippen LogP contribution in [0, 0.1) is 5.92 Å². The maximum atomic E-state index is 12.9.